The average molecular weight is 247 g/mol. The molecule has 1 unspecified atom stereocenters. The Morgan fingerprint density at radius 2 is 2.39 bits per heavy atom. The minimum absolute atomic E-state index is 0.00362. The van der Waals surface area contributed by atoms with Gasteiger partial charge in [0.25, 0.3) is 0 Å². The van der Waals surface area contributed by atoms with E-state index in [2.05, 4.69) is 10.3 Å². The summed E-state index contributed by atoms with van der Waals surface area (Å²) >= 11 is 0. The summed E-state index contributed by atoms with van der Waals surface area (Å²) in [6.45, 7) is 4.75. The summed E-state index contributed by atoms with van der Waals surface area (Å²) in [4.78, 5) is 29.7. The van der Waals surface area contributed by atoms with Crippen LogP contribution in [0.3, 0.4) is 0 Å². The van der Waals surface area contributed by atoms with Crippen molar-refractivity contribution >= 4 is 17.5 Å². The third-order valence-corrected chi connectivity index (χ3v) is 3.16. The number of Topliss-reactive ketones (excluding diaryl/α,β-unsaturated/α-hetero) is 1. The fourth-order valence-corrected chi connectivity index (χ4v) is 2.27. The summed E-state index contributed by atoms with van der Waals surface area (Å²) in [7, 11) is 0. The fourth-order valence-electron chi connectivity index (χ4n) is 2.27. The molecule has 2 heterocycles. The molecule has 0 spiro atoms. The molecule has 1 aliphatic heterocycles. The number of hydrogen-bond donors (Lipinski definition) is 1. The highest BCUT2D eigenvalue weighted by molar-refractivity contribution is 5.99. The van der Waals surface area contributed by atoms with E-state index in [1.54, 1.807) is 18.3 Å². The molecule has 1 saturated heterocycles. The lowest BCUT2D eigenvalue weighted by Crippen LogP contribution is -2.55. The molecule has 1 aromatic rings. The molecule has 0 radical (unpaired) electrons. The SMILES string of the molecule is CCC1C(=O)NCCN1c1ncccc1C(C)=O. The lowest BCUT2D eigenvalue weighted by atomic mass is 10.1. The highest BCUT2D eigenvalue weighted by Crippen LogP contribution is 2.22. The first kappa shape index (κ1) is 12.5. The van der Waals surface area contributed by atoms with Crippen molar-refractivity contribution in [3.63, 3.8) is 0 Å². The molecule has 1 fully saturated rings. The predicted molar refractivity (Wildman–Crippen MR) is 68.7 cm³/mol. The highest BCUT2D eigenvalue weighted by Gasteiger charge is 2.30. The number of amides is 1. The van der Waals surface area contributed by atoms with E-state index >= 15 is 0 Å². The van der Waals surface area contributed by atoms with E-state index in [1.165, 1.54) is 6.92 Å². The summed E-state index contributed by atoms with van der Waals surface area (Å²) in [5, 5.41) is 2.84. The molecule has 1 aromatic heterocycles. The Morgan fingerprint density at radius 3 is 3.06 bits per heavy atom. The van der Waals surface area contributed by atoms with Gasteiger partial charge in [-0.05, 0) is 25.5 Å². The van der Waals surface area contributed by atoms with Crippen molar-refractivity contribution in [2.75, 3.05) is 18.0 Å². The van der Waals surface area contributed by atoms with Crippen LogP contribution in [0, 0.1) is 0 Å². The van der Waals surface area contributed by atoms with E-state index in [0.717, 1.165) is 0 Å². The van der Waals surface area contributed by atoms with E-state index in [-0.39, 0.29) is 17.7 Å². The summed E-state index contributed by atoms with van der Waals surface area (Å²) in [5.74, 6) is 0.592. The summed E-state index contributed by atoms with van der Waals surface area (Å²) in [6.07, 6.45) is 2.35. The Balaban J connectivity index is 2.40. The van der Waals surface area contributed by atoms with Gasteiger partial charge in [0, 0.05) is 19.3 Å². The first-order valence-electron chi connectivity index (χ1n) is 6.15. The van der Waals surface area contributed by atoms with Crippen LogP contribution >= 0.6 is 0 Å². The molecule has 0 saturated carbocycles. The molecular formula is C13H17N3O2. The zero-order chi connectivity index (χ0) is 13.1. The quantitative estimate of drug-likeness (QED) is 0.809. The number of carbonyl (C=O) groups is 2. The molecule has 1 N–H and O–H groups in total. The van der Waals surface area contributed by atoms with Gasteiger partial charge in [-0.2, -0.15) is 0 Å². The molecule has 1 aliphatic rings. The Hall–Kier alpha value is -1.91. The number of carbonyl (C=O) groups excluding carboxylic acids is 2. The van der Waals surface area contributed by atoms with Crippen LogP contribution in [0.4, 0.5) is 5.82 Å². The second kappa shape index (κ2) is 5.16. The van der Waals surface area contributed by atoms with Gasteiger partial charge in [0.1, 0.15) is 11.9 Å². The van der Waals surface area contributed by atoms with Gasteiger partial charge in [-0.15, -0.1) is 0 Å². The molecule has 0 aromatic carbocycles. The fraction of sp³-hybridized carbons (Fsp3) is 0.462. The van der Waals surface area contributed by atoms with Gasteiger partial charge in [0.15, 0.2) is 5.78 Å². The van der Waals surface area contributed by atoms with Gasteiger partial charge in [-0.3, -0.25) is 9.59 Å². The number of anilines is 1. The maximum absolute atomic E-state index is 11.8. The molecular weight excluding hydrogens is 230 g/mol. The second-order valence-electron chi connectivity index (χ2n) is 4.34. The van der Waals surface area contributed by atoms with Crippen molar-refractivity contribution in [1.82, 2.24) is 10.3 Å². The van der Waals surface area contributed by atoms with Crippen molar-refractivity contribution in [2.24, 2.45) is 0 Å². The van der Waals surface area contributed by atoms with Crippen LogP contribution in [-0.2, 0) is 4.79 Å². The number of nitrogens with one attached hydrogen (secondary N) is 1. The monoisotopic (exact) mass is 247 g/mol. The number of piperazine rings is 1. The van der Waals surface area contributed by atoms with Crippen molar-refractivity contribution < 1.29 is 9.59 Å². The highest BCUT2D eigenvalue weighted by atomic mass is 16.2. The van der Waals surface area contributed by atoms with E-state index in [9.17, 15) is 9.59 Å². The molecule has 0 aliphatic carbocycles. The molecule has 5 nitrogen and oxygen atoms in total. The summed E-state index contributed by atoms with van der Waals surface area (Å²) in [5.41, 5.74) is 0.575. The van der Waals surface area contributed by atoms with E-state index in [1.807, 2.05) is 11.8 Å². The Kier molecular flexibility index (Phi) is 3.60. The maximum atomic E-state index is 11.8. The van der Waals surface area contributed by atoms with Gasteiger partial charge >= 0.3 is 0 Å². The van der Waals surface area contributed by atoms with Crippen LogP contribution in [0.5, 0.6) is 0 Å². The van der Waals surface area contributed by atoms with E-state index in [4.69, 9.17) is 0 Å². The number of pyridine rings is 1. The van der Waals surface area contributed by atoms with Crippen LogP contribution in [0.2, 0.25) is 0 Å². The number of hydrogen-bond acceptors (Lipinski definition) is 4. The second-order valence-corrected chi connectivity index (χ2v) is 4.34. The Morgan fingerprint density at radius 1 is 1.61 bits per heavy atom. The van der Waals surface area contributed by atoms with Crippen LogP contribution in [0.25, 0.3) is 0 Å². The van der Waals surface area contributed by atoms with E-state index in [0.29, 0.717) is 30.9 Å². The Labute approximate surface area is 106 Å². The molecule has 18 heavy (non-hydrogen) atoms. The third kappa shape index (κ3) is 2.20. The summed E-state index contributed by atoms with van der Waals surface area (Å²) in [6, 6.07) is 3.25. The average Bonchev–Trinajstić information content (AvgIpc) is 2.38. The maximum Gasteiger partial charge on any atom is 0.242 e. The zero-order valence-corrected chi connectivity index (χ0v) is 10.6. The van der Waals surface area contributed by atoms with Crippen LogP contribution in [-0.4, -0.2) is 35.8 Å². The van der Waals surface area contributed by atoms with Gasteiger partial charge in [-0.25, -0.2) is 4.98 Å². The molecule has 96 valence electrons. The van der Waals surface area contributed by atoms with Crippen molar-refractivity contribution in [2.45, 2.75) is 26.3 Å². The van der Waals surface area contributed by atoms with Crippen LogP contribution in [0.15, 0.2) is 18.3 Å². The standard InChI is InChI=1S/C13H17N3O2/c1-3-11-13(18)15-7-8-16(11)12-10(9(2)17)5-4-6-14-12/h4-6,11H,3,7-8H2,1-2H3,(H,15,18). The van der Waals surface area contributed by atoms with Crippen molar-refractivity contribution in [1.29, 1.82) is 0 Å². The van der Waals surface area contributed by atoms with Gasteiger partial charge < -0.3 is 10.2 Å². The van der Waals surface area contributed by atoms with Crippen molar-refractivity contribution in [3.05, 3.63) is 23.9 Å². The minimum Gasteiger partial charge on any atom is -0.353 e. The van der Waals surface area contributed by atoms with Crippen LogP contribution in [0.1, 0.15) is 30.6 Å². The first-order valence-corrected chi connectivity index (χ1v) is 6.15. The smallest absolute Gasteiger partial charge is 0.242 e. The first-order chi connectivity index (χ1) is 8.65. The summed E-state index contributed by atoms with van der Waals surface area (Å²) < 4.78 is 0. The van der Waals surface area contributed by atoms with Crippen molar-refractivity contribution in [3.8, 4) is 0 Å². The van der Waals surface area contributed by atoms with E-state index < -0.39 is 0 Å². The lowest BCUT2D eigenvalue weighted by molar-refractivity contribution is -0.123. The van der Waals surface area contributed by atoms with Gasteiger partial charge in [0.05, 0.1) is 5.56 Å². The number of nitrogens with zero attached hydrogens (tertiary/aromatic N) is 2. The van der Waals surface area contributed by atoms with Crippen LogP contribution < -0.4 is 10.2 Å². The molecule has 1 amide bonds. The number of ketones is 1. The molecule has 1 atom stereocenters. The molecule has 5 heteroatoms. The molecule has 0 bridgehead atoms. The predicted octanol–water partition coefficient (Wildman–Crippen LogP) is 0.999. The Bertz CT molecular complexity index is 473. The molecule has 2 rings (SSSR count). The zero-order valence-electron chi connectivity index (χ0n) is 10.6. The van der Waals surface area contributed by atoms with Gasteiger partial charge in [0.2, 0.25) is 5.91 Å². The van der Waals surface area contributed by atoms with Gasteiger partial charge in [-0.1, -0.05) is 6.92 Å². The lowest BCUT2D eigenvalue weighted by Gasteiger charge is -2.36. The topological polar surface area (TPSA) is 62.3 Å². The largest absolute Gasteiger partial charge is 0.353 e. The normalized spacial score (nSPS) is 19.6. The number of aromatic nitrogens is 1. The minimum atomic E-state index is -0.244. The third-order valence-electron chi connectivity index (χ3n) is 3.16. The number of rotatable bonds is 3.